The predicted molar refractivity (Wildman–Crippen MR) is 72.4 cm³/mol. The summed E-state index contributed by atoms with van der Waals surface area (Å²) in [5.41, 5.74) is -0.124. The fourth-order valence-electron chi connectivity index (χ4n) is 2.27. The topological polar surface area (TPSA) is 69.6 Å². The molecule has 1 aliphatic rings. The van der Waals surface area contributed by atoms with Crippen molar-refractivity contribution >= 4 is 17.7 Å². The zero-order valence-corrected chi connectivity index (χ0v) is 11.1. The van der Waals surface area contributed by atoms with Crippen LogP contribution in [0.2, 0.25) is 0 Å². The molecule has 0 saturated carbocycles. The van der Waals surface area contributed by atoms with E-state index < -0.39 is 11.8 Å². The van der Waals surface area contributed by atoms with Crippen LogP contribution in [0.4, 0.5) is 14.9 Å². The SMILES string of the molecule is O=C(O)c1cc(F)ccc1NC(=O)N1CCCCCC1. The summed E-state index contributed by atoms with van der Waals surface area (Å²) >= 11 is 0. The first-order chi connectivity index (χ1) is 9.58. The Hall–Kier alpha value is -2.11. The van der Waals surface area contributed by atoms with E-state index >= 15 is 0 Å². The van der Waals surface area contributed by atoms with Crippen LogP contribution in [0.15, 0.2) is 18.2 Å². The van der Waals surface area contributed by atoms with Gasteiger partial charge in [0.2, 0.25) is 0 Å². The molecule has 1 saturated heterocycles. The Labute approximate surface area is 116 Å². The predicted octanol–water partition coefficient (Wildman–Crippen LogP) is 2.93. The van der Waals surface area contributed by atoms with Gasteiger partial charge in [-0.1, -0.05) is 12.8 Å². The molecule has 0 aliphatic carbocycles. The van der Waals surface area contributed by atoms with Crippen molar-refractivity contribution in [3.05, 3.63) is 29.6 Å². The minimum absolute atomic E-state index is 0.119. The smallest absolute Gasteiger partial charge is 0.337 e. The number of aromatic carboxylic acids is 1. The van der Waals surface area contributed by atoms with Crippen molar-refractivity contribution in [2.24, 2.45) is 0 Å². The Morgan fingerprint density at radius 1 is 1.15 bits per heavy atom. The number of likely N-dealkylation sites (tertiary alicyclic amines) is 1. The van der Waals surface area contributed by atoms with Crippen LogP contribution in [-0.2, 0) is 0 Å². The minimum atomic E-state index is -1.27. The van der Waals surface area contributed by atoms with Crippen LogP contribution < -0.4 is 5.32 Å². The standard InChI is InChI=1S/C14H17FN2O3/c15-10-5-6-12(11(9-10)13(18)19)16-14(20)17-7-3-1-2-4-8-17/h5-6,9H,1-4,7-8H2,(H,16,20)(H,18,19). The fourth-order valence-corrected chi connectivity index (χ4v) is 2.27. The quantitative estimate of drug-likeness (QED) is 0.875. The average molecular weight is 280 g/mol. The number of amides is 2. The molecule has 2 rings (SSSR count). The fraction of sp³-hybridized carbons (Fsp3) is 0.429. The van der Waals surface area contributed by atoms with Crippen LogP contribution in [-0.4, -0.2) is 35.1 Å². The van der Waals surface area contributed by atoms with Gasteiger partial charge >= 0.3 is 12.0 Å². The van der Waals surface area contributed by atoms with Gasteiger partial charge in [0.15, 0.2) is 0 Å². The van der Waals surface area contributed by atoms with E-state index in [9.17, 15) is 14.0 Å². The molecule has 1 heterocycles. The molecule has 2 amide bonds. The van der Waals surface area contributed by atoms with Crippen LogP contribution in [0.25, 0.3) is 0 Å². The number of carboxylic acids is 1. The number of rotatable bonds is 2. The average Bonchev–Trinajstić information content (AvgIpc) is 2.69. The molecule has 0 unspecified atom stereocenters. The number of anilines is 1. The Morgan fingerprint density at radius 3 is 2.40 bits per heavy atom. The third kappa shape index (κ3) is 3.46. The van der Waals surface area contributed by atoms with Gasteiger partial charge in [0.1, 0.15) is 5.82 Å². The Morgan fingerprint density at radius 2 is 1.80 bits per heavy atom. The highest BCUT2D eigenvalue weighted by Crippen LogP contribution is 2.18. The Kier molecular flexibility index (Phi) is 4.55. The van der Waals surface area contributed by atoms with E-state index in [0.717, 1.165) is 37.8 Å². The highest BCUT2D eigenvalue weighted by Gasteiger charge is 2.18. The lowest BCUT2D eigenvalue weighted by molar-refractivity contribution is 0.0697. The van der Waals surface area contributed by atoms with Crippen LogP contribution in [0.5, 0.6) is 0 Å². The largest absolute Gasteiger partial charge is 0.478 e. The van der Waals surface area contributed by atoms with E-state index in [1.54, 1.807) is 4.90 Å². The second-order valence-electron chi connectivity index (χ2n) is 4.83. The molecule has 1 aromatic rings. The second kappa shape index (κ2) is 6.36. The molecule has 6 heteroatoms. The summed E-state index contributed by atoms with van der Waals surface area (Å²) < 4.78 is 13.1. The second-order valence-corrected chi connectivity index (χ2v) is 4.83. The lowest BCUT2D eigenvalue weighted by atomic mass is 10.1. The number of carboxylic acid groups (broad SMARTS) is 1. The number of benzene rings is 1. The highest BCUT2D eigenvalue weighted by atomic mass is 19.1. The molecular weight excluding hydrogens is 263 g/mol. The van der Waals surface area contributed by atoms with E-state index in [1.165, 1.54) is 6.07 Å². The minimum Gasteiger partial charge on any atom is -0.478 e. The van der Waals surface area contributed by atoms with Gasteiger partial charge < -0.3 is 15.3 Å². The first-order valence-corrected chi connectivity index (χ1v) is 6.66. The van der Waals surface area contributed by atoms with Crippen molar-refractivity contribution in [1.29, 1.82) is 0 Å². The van der Waals surface area contributed by atoms with Crippen LogP contribution >= 0.6 is 0 Å². The third-order valence-electron chi connectivity index (χ3n) is 3.35. The molecular formula is C14H17FN2O3. The van der Waals surface area contributed by atoms with Crippen molar-refractivity contribution in [3.8, 4) is 0 Å². The first-order valence-electron chi connectivity index (χ1n) is 6.66. The lowest BCUT2D eigenvalue weighted by Gasteiger charge is -2.21. The van der Waals surface area contributed by atoms with E-state index in [2.05, 4.69) is 5.32 Å². The summed E-state index contributed by atoms with van der Waals surface area (Å²) in [6.07, 6.45) is 4.09. The van der Waals surface area contributed by atoms with Gasteiger partial charge in [-0.15, -0.1) is 0 Å². The monoisotopic (exact) mass is 280 g/mol. The maximum absolute atomic E-state index is 13.1. The van der Waals surface area contributed by atoms with Crippen molar-refractivity contribution in [2.45, 2.75) is 25.7 Å². The van der Waals surface area contributed by atoms with Crippen molar-refractivity contribution in [1.82, 2.24) is 4.90 Å². The molecule has 0 bridgehead atoms. The molecule has 108 valence electrons. The van der Waals surface area contributed by atoms with Gasteiger partial charge in [0, 0.05) is 13.1 Å². The molecule has 0 radical (unpaired) electrons. The molecule has 2 N–H and O–H groups in total. The van der Waals surface area contributed by atoms with Gasteiger partial charge in [-0.2, -0.15) is 0 Å². The number of hydrogen-bond acceptors (Lipinski definition) is 2. The summed E-state index contributed by atoms with van der Waals surface area (Å²) in [5.74, 6) is -1.91. The molecule has 0 aromatic heterocycles. The number of nitrogens with zero attached hydrogens (tertiary/aromatic N) is 1. The Bertz CT molecular complexity index is 511. The van der Waals surface area contributed by atoms with E-state index in [1.807, 2.05) is 0 Å². The molecule has 0 atom stereocenters. The van der Waals surface area contributed by atoms with Gasteiger partial charge in [-0.05, 0) is 31.0 Å². The van der Waals surface area contributed by atoms with Gasteiger partial charge in [-0.25, -0.2) is 14.0 Å². The first kappa shape index (κ1) is 14.3. The van der Waals surface area contributed by atoms with E-state index in [0.29, 0.717) is 13.1 Å². The maximum atomic E-state index is 13.1. The number of halogens is 1. The van der Waals surface area contributed by atoms with Gasteiger partial charge in [0.05, 0.1) is 11.3 Å². The van der Waals surface area contributed by atoms with Crippen LogP contribution in [0.1, 0.15) is 36.0 Å². The van der Waals surface area contributed by atoms with Gasteiger partial charge in [0.25, 0.3) is 0 Å². The number of hydrogen-bond donors (Lipinski definition) is 2. The molecule has 1 fully saturated rings. The number of urea groups is 1. The zero-order chi connectivity index (χ0) is 14.5. The molecule has 1 aliphatic heterocycles. The number of carbonyl (C=O) groups excluding carboxylic acids is 1. The van der Waals surface area contributed by atoms with Crippen LogP contribution in [0, 0.1) is 5.82 Å². The summed E-state index contributed by atoms with van der Waals surface area (Å²) in [4.78, 5) is 24.8. The van der Waals surface area contributed by atoms with Gasteiger partial charge in [-0.3, -0.25) is 0 Å². The van der Waals surface area contributed by atoms with Crippen LogP contribution in [0.3, 0.4) is 0 Å². The highest BCUT2D eigenvalue weighted by molar-refractivity contribution is 6.00. The van der Waals surface area contributed by atoms with Crippen molar-refractivity contribution in [2.75, 3.05) is 18.4 Å². The molecule has 20 heavy (non-hydrogen) atoms. The number of nitrogens with one attached hydrogen (secondary N) is 1. The Balaban J connectivity index is 2.12. The molecule has 1 aromatic carbocycles. The summed E-state index contributed by atoms with van der Waals surface area (Å²) in [6, 6.07) is 2.97. The lowest BCUT2D eigenvalue weighted by Crippen LogP contribution is -2.36. The van der Waals surface area contributed by atoms with E-state index in [-0.39, 0.29) is 17.3 Å². The maximum Gasteiger partial charge on any atom is 0.337 e. The normalized spacial score (nSPS) is 15.6. The summed E-state index contributed by atoms with van der Waals surface area (Å²) in [5, 5.41) is 11.6. The molecule has 0 spiro atoms. The van der Waals surface area contributed by atoms with Crippen molar-refractivity contribution < 1.29 is 19.1 Å². The summed E-state index contributed by atoms with van der Waals surface area (Å²) in [6.45, 7) is 1.32. The number of carbonyl (C=O) groups is 2. The summed E-state index contributed by atoms with van der Waals surface area (Å²) in [7, 11) is 0. The molecule has 5 nitrogen and oxygen atoms in total. The zero-order valence-electron chi connectivity index (χ0n) is 11.1. The van der Waals surface area contributed by atoms with E-state index in [4.69, 9.17) is 5.11 Å². The van der Waals surface area contributed by atoms with Crippen molar-refractivity contribution in [3.63, 3.8) is 0 Å². The third-order valence-corrected chi connectivity index (χ3v) is 3.35.